The number of aromatic nitrogens is 2. The van der Waals surface area contributed by atoms with E-state index in [1.807, 2.05) is 24.7 Å². The highest BCUT2D eigenvalue weighted by Gasteiger charge is 2.37. The molecule has 0 spiro atoms. The molecule has 1 aliphatic rings. The summed E-state index contributed by atoms with van der Waals surface area (Å²) < 4.78 is 2.43. The summed E-state index contributed by atoms with van der Waals surface area (Å²) in [6.07, 6.45) is 11.9. The first-order chi connectivity index (χ1) is 11.7. The molecule has 3 rings (SSSR count). The fourth-order valence-electron chi connectivity index (χ4n) is 3.25. The van der Waals surface area contributed by atoms with Crippen LogP contribution in [0.1, 0.15) is 38.2 Å². The maximum absolute atomic E-state index is 6.46. The molecule has 0 radical (unpaired) electrons. The highest BCUT2D eigenvalue weighted by atomic mass is 35.5. The average molecular weight is 381 g/mol. The summed E-state index contributed by atoms with van der Waals surface area (Å²) in [6, 6.07) is 8.34. The predicted octanol–water partition coefficient (Wildman–Crippen LogP) is 5.90. The summed E-state index contributed by atoms with van der Waals surface area (Å²) in [5.41, 5.74) is 1.29. The molecule has 2 aromatic rings. The molecule has 0 bridgehead atoms. The minimum absolute atomic E-state index is 0.254. The lowest BCUT2D eigenvalue weighted by Gasteiger charge is -2.40. The zero-order valence-electron chi connectivity index (χ0n) is 14.2. The number of nitrogens with zero attached hydrogens (tertiary/aromatic N) is 2. The van der Waals surface area contributed by atoms with E-state index in [-0.39, 0.29) is 4.08 Å². The zero-order valence-corrected chi connectivity index (χ0v) is 16.5. The Morgan fingerprint density at radius 2 is 2.25 bits per heavy atom. The van der Waals surface area contributed by atoms with Crippen molar-refractivity contribution in [3.63, 3.8) is 0 Å². The van der Waals surface area contributed by atoms with Gasteiger partial charge in [-0.15, -0.1) is 23.5 Å². The molecule has 130 valence electrons. The molecule has 0 amide bonds. The second-order valence-corrected chi connectivity index (χ2v) is 10.2. The molecule has 2 unspecified atom stereocenters. The molecule has 2 heterocycles. The van der Waals surface area contributed by atoms with Crippen LogP contribution in [0, 0.1) is 0 Å². The molecule has 2 nitrogen and oxygen atoms in total. The highest BCUT2D eigenvalue weighted by molar-refractivity contribution is 8.19. The van der Waals surface area contributed by atoms with Gasteiger partial charge < -0.3 is 4.57 Å². The Bertz CT molecular complexity index is 632. The van der Waals surface area contributed by atoms with Gasteiger partial charge in [-0.2, -0.15) is 0 Å². The van der Waals surface area contributed by atoms with Gasteiger partial charge in [0.05, 0.1) is 10.4 Å². The van der Waals surface area contributed by atoms with Crippen molar-refractivity contribution in [3.8, 4) is 0 Å². The zero-order chi connectivity index (χ0) is 16.8. The van der Waals surface area contributed by atoms with Crippen LogP contribution < -0.4 is 0 Å². The first kappa shape index (κ1) is 18.2. The molecule has 1 fully saturated rings. The lowest BCUT2D eigenvalue weighted by molar-refractivity contribution is 0.571. The van der Waals surface area contributed by atoms with Gasteiger partial charge in [-0.25, -0.2) is 4.98 Å². The van der Waals surface area contributed by atoms with E-state index in [0.29, 0.717) is 0 Å². The second-order valence-electron chi connectivity index (χ2n) is 6.37. The van der Waals surface area contributed by atoms with Crippen molar-refractivity contribution in [2.75, 3.05) is 5.75 Å². The van der Waals surface area contributed by atoms with Crippen LogP contribution in [0.25, 0.3) is 0 Å². The Morgan fingerprint density at radius 3 is 3.00 bits per heavy atom. The quantitative estimate of drug-likeness (QED) is 0.595. The van der Waals surface area contributed by atoms with Gasteiger partial charge in [0.2, 0.25) is 0 Å². The van der Waals surface area contributed by atoms with Crippen LogP contribution in [-0.4, -0.2) is 24.6 Å². The Kier molecular flexibility index (Phi) is 6.59. The van der Waals surface area contributed by atoms with Gasteiger partial charge in [-0.3, -0.25) is 0 Å². The van der Waals surface area contributed by atoms with E-state index in [4.69, 9.17) is 11.6 Å². The number of halogens is 1. The Balaban J connectivity index is 1.71. The summed E-state index contributed by atoms with van der Waals surface area (Å²) in [7, 11) is 0. The second kappa shape index (κ2) is 8.68. The lowest BCUT2D eigenvalue weighted by atomic mass is 10.1. The molecule has 1 aromatic heterocycles. The Hall–Kier alpha value is -0.580. The van der Waals surface area contributed by atoms with E-state index in [0.717, 1.165) is 23.2 Å². The van der Waals surface area contributed by atoms with E-state index in [2.05, 4.69) is 58.3 Å². The summed E-state index contributed by atoms with van der Waals surface area (Å²) in [6.45, 7) is 3.36. The fourth-order valence-corrected chi connectivity index (χ4v) is 7.37. The molecule has 2 atom stereocenters. The van der Waals surface area contributed by atoms with E-state index >= 15 is 0 Å². The van der Waals surface area contributed by atoms with Crippen LogP contribution in [0.5, 0.6) is 0 Å². The number of aryl methyl sites for hydroxylation is 1. The lowest BCUT2D eigenvalue weighted by Crippen LogP contribution is -2.32. The normalized spacial score (nSPS) is 24.2. The third-order valence-corrected chi connectivity index (χ3v) is 8.60. The summed E-state index contributed by atoms with van der Waals surface area (Å²) >= 11 is 10.8. The summed E-state index contributed by atoms with van der Waals surface area (Å²) in [5, 5.41) is 1.69. The molecule has 1 aliphatic heterocycles. The first-order valence-electron chi connectivity index (χ1n) is 8.72. The molecular formula is C19H25ClN2S2. The molecular weight excluding hydrogens is 356 g/mol. The van der Waals surface area contributed by atoms with Crippen molar-refractivity contribution >= 4 is 35.1 Å². The molecule has 0 N–H and O–H groups in total. The van der Waals surface area contributed by atoms with Crippen molar-refractivity contribution < 1.29 is 0 Å². The Labute approximate surface area is 158 Å². The van der Waals surface area contributed by atoms with Gasteiger partial charge in [0.25, 0.3) is 0 Å². The number of rotatable bonds is 7. The van der Waals surface area contributed by atoms with Crippen LogP contribution in [0.15, 0.2) is 43.0 Å². The van der Waals surface area contributed by atoms with Crippen molar-refractivity contribution in [2.24, 2.45) is 0 Å². The van der Waals surface area contributed by atoms with Gasteiger partial charge in [-0.1, -0.05) is 36.7 Å². The minimum Gasteiger partial charge on any atom is -0.337 e. The molecule has 24 heavy (non-hydrogen) atoms. The number of hydrogen-bond acceptors (Lipinski definition) is 3. The molecule has 5 heteroatoms. The molecule has 1 saturated heterocycles. The van der Waals surface area contributed by atoms with E-state index in [1.54, 1.807) is 0 Å². The van der Waals surface area contributed by atoms with Gasteiger partial charge in [-0.05, 0) is 49.5 Å². The van der Waals surface area contributed by atoms with Crippen LogP contribution in [0.4, 0.5) is 0 Å². The van der Waals surface area contributed by atoms with Gasteiger partial charge >= 0.3 is 0 Å². The standard InChI is InChI=1S/C19H25ClN2S2/c1-2-17-8-13-23-19(24-17,9-5-11-22-12-10-21-15-22)14-16-6-3-4-7-18(16)20/h3-4,6-7,10,12,15,17H,2,5,8-9,11,13-14H2,1H3. The van der Waals surface area contributed by atoms with Gasteiger partial charge in [0, 0.05) is 29.2 Å². The summed E-state index contributed by atoms with van der Waals surface area (Å²) in [4.78, 5) is 4.14. The largest absolute Gasteiger partial charge is 0.337 e. The number of imidazole rings is 1. The van der Waals surface area contributed by atoms with Gasteiger partial charge in [0.1, 0.15) is 0 Å². The minimum atomic E-state index is 0.254. The summed E-state index contributed by atoms with van der Waals surface area (Å²) in [5.74, 6) is 1.26. The van der Waals surface area contributed by atoms with E-state index in [9.17, 15) is 0 Å². The van der Waals surface area contributed by atoms with Crippen LogP contribution >= 0.6 is 35.1 Å². The van der Waals surface area contributed by atoms with E-state index < -0.39 is 0 Å². The molecule has 0 saturated carbocycles. The smallest absolute Gasteiger partial charge is 0.0945 e. The highest BCUT2D eigenvalue weighted by Crippen LogP contribution is 2.51. The predicted molar refractivity (Wildman–Crippen MR) is 108 cm³/mol. The van der Waals surface area contributed by atoms with E-state index in [1.165, 1.54) is 37.0 Å². The van der Waals surface area contributed by atoms with Crippen molar-refractivity contribution in [3.05, 3.63) is 53.6 Å². The van der Waals surface area contributed by atoms with Crippen molar-refractivity contribution in [1.29, 1.82) is 0 Å². The van der Waals surface area contributed by atoms with Crippen LogP contribution in [0.2, 0.25) is 5.02 Å². The third kappa shape index (κ3) is 4.74. The van der Waals surface area contributed by atoms with Crippen LogP contribution in [0.3, 0.4) is 0 Å². The Morgan fingerprint density at radius 1 is 1.38 bits per heavy atom. The fraction of sp³-hybridized carbons (Fsp3) is 0.526. The number of thioether (sulfide) groups is 2. The van der Waals surface area contributed by atoms with Gasteiger partial charge in [0.15, 0.2) is 0 Å². The third-order valence-electron chi connectivity index (χ3n) is 4.59. The monoisotopic (exact) mass is 380 g/mol. The number of benzene rings is 1. The maximum Gasteiger partial charge on any atom is 0.0945 e. The van der Waals surface area contributed by atoms with Crippen molar-refractivity contribution in [2.45, 2.75) is 54.9 Å². The average Bonchev–Trinajstić information content (AvgIpc) is 3.11. The number of hydrogen-bond donors (Lipinski definition) is 0. The maximum atomic E-state index is 6.46. The topological polar surface area (TPSA) is 17.8 Å². The van der Waals surface area contributed by atoms with Crippen LogP contribution in [-0.2, 0) is 13.0 Å². The molecule has 1 aromatic carbocycles. The first-order valence-corrected chi connectivity index (χ1v) is 11.0. The SMILES string of the molecule is CCC1CCSC(CCCn2ccnc2)(Cc2ccccc2Cl)S1. The van der Waals surface area contributed by atoms with Crippen molar-refractivity contribution in [1.82, 2.24) is 9.55 Å². The molecule has 0 aliphatic carbocycles.